The van der Waals surface area contributed by atoms with Crippen LogP contribution in [0.25, 0.3) is 10.9 Å². The fourth-order valence-electron chi connectivity index (χ4n) is 3.37. The lowest BCUT2D eigenvalue weighted by Gasteiger charge is -2.26. The van der Waals surface area contributed by atoms with E-state index in [0.29, 0.717) is 29.0 Å². The van der Waals surface area contributed by atoms with Gasteiger partial charge >= 0.3 is 12.5 Å². The number of hydrogen-bond donors (Lipinski definition) is 2. The molecule has 0 saturated carbocycles. The van der Waals surface area contributed by atoms with Gasteiger partial charge in [0.2, 0.25) is 0 Å². The number of nitrogens with one attached hydrogen (secondary N) is 1. The van der Waals surface area contributed by atoms with Gasteiger partial charge in [-0.25, -0.2) is 0 Å². The van der Waals surface area contributed by atoms with Crippen molar-refractivity contribution in [3.63, 3.8) is 0 Å². The van der Waals surface area contributed by atoms with Crippen LogP contribution < -0.4 is 10.1 Å². The summed E-state index contributed by atoms with van der Waals surface area (Å²) in [6.07, 6.45) is -10.6. The van der Waals surface area contributed by atoms with Gasteiger partial charge in [-0.05, 0) is 48.9 Å². The number of carbonyl (C=O) groups excluding carboxylic acids is 1. The normalized spacial score (nSPS) is 13.8. The van der Waals surface area contributed by atoms with Gasteiger partial charge in [0, 0.05) is 30.4 Å². The molecule has 1 aromatic heterocycles. The van der Waals surface area contributed by atoms with Crippen LogP contribution in [0, 0.1) is 11.3 Å². The molecule has 0 bridgehead atoms. The second-order valence-electron chi connectivity index (χ2n) is 7.97. The summed E-state index contributed by atoms with van der Waals surface area (Å²) in [5.74, 6) is -1.22. The summed E-state index contributed by atoms with van der Waals surface area (Å²) in [4.78, 5) is 12.8. The average Bonchev–Trinajstić information content (AvgIpc) is 3.09. The highest BCUT2D eigenvalue weighted by molar-refractivity contribution is 5.99. The number of ether oxygens (including phenoxy) is 1. The van der Waals surface area contributed by atoms with Gasteiger partial charge in [-0.2, -0.15) is 18.4 Å². The number of alkyl halides is 6. The SMILES string of the molecule is CC(O)(CCNC(=O)c1cc2cc(C#N)ccc2n1Cc1cccc(OC(F)(F)F)c1)C(F)(F)F. The molecule has 186 valence electrons. The van der Waals surface area contributed by atoms with Gasteiger partial charge in [-0.15, -0.1) is 13.2 Å². The predicted octanol–water partition coefficient (Wildman–Crippen LogP) is 4.89. The third kappa shape index (κ3) is 6.24. The monoisotopic (exact) mass is 499 g/mol. The van der Waals surface area contributed by atoms with Crippen molar-refractivity contribution in [3.05, 3.63) is 65.4 Å². The first-order valence-corrected chi connectivity index (χ1v) is 10.2. The maximum absolute atomic E-state index is 12.9. The molecular weight excluding hydrogens is 480 g/mol. The highest BCUT2D eigenvalue weighted by atomic mass is 19.4. The van der Waals surface area contributed by atoms with Gasteiger partial charge in [0.15, 0.2) is 5.60 Å². The first-order valence-electron chi connectivity index (χ1n) is 10.2. The average molecular weight is 499 g/mol. The summed E-state index contributed by atoms with van der Waals surface area (Å²) in [5.41, 5.74) is -1.89. The van der Waals surface area contributed by atoms with Crippen molar-refractivity contribution in [2.45, 2.75) is 38.0 Å². The van der Waals surface area contributed by atoms with Crippen molar-refractivity contribution in [1.82, 2.24) is 9.88 Å². The Morgan fingerprint density at radius 3 is 2.46 bits per heavy atom. The van der Waals surface area contributed by atoms with E-state index in [1.54, 1.807) is 6.07 Å². The molecule has 0 aliphatic carbocycles. The molecule has 0 fully saturated rings. The van der Waals surface area contributed by atoms with Crippen molar-refractivity contribution < 1.29 is 41.0 Å². The van der Waals surface area contributed by atoms with E-state index in [2.05, 4.69) is 10.1 Å². The van der Waals surface area contributed by atoms with Crippen molar-refractivity contribution >= 4 is 16.8 Å². The molecule has 1 unspecified atom stereocenters. The number of fused-ring (bicyclic) bond motifs is 1. The molecule has 1 atom stereocenters. The topological polar surface area (TPSA) is 87.3 Å². The summed E-state index contributed by atoms with van der Waals surface area (Å²) in [6.45, 7) is 0.0221. The lowest BCUT2D eigenvalue weighted by atomic mass is 10.0. The minimum Gasteiger partial charge on any atom is -0.406 e. The molecule has 2 aromatic carbocycles. The van der Waals surface area contributed by atoms with E-state index in [1.807, 2.05) is 6.07 Å². The van der Waals surface area contributed by atoms with Crippen LogP contribution in [0.15, 0.2) is 48.5 Å². The smallest absolute Gasteiger partial charge is 0.406 e. The summed E-state index contributed by atoms with van der Waals surface area (Å²) in [5, 5.41) is 21.5. The fraction of sp³-hybridized carbons (Fsp3) is 0.304. The number of halogens is 6. The second kappa shape index (κ2) is 9.50. The van der Waals surface area contributed by atoms with Gasteiger partial charge in [0.1, 0.15) is 11.4 Å². The van der Waals surface area contributed by atoms with E-state index in [9.17, 15) is 36.2 Å². The highest BCUT2D eigenvalue weighted by Gasteiger charge is 2.49. The van der Waals surface area contributed by atoms with E-state index < -0.39 is 42.8 Å². The largest absolute Gasteiger partial charge is 0.573 e. The zero-order chi connectivity index (χ0) is 26.0. The predicted molar refractivity (Wildman–Crippen MR) is 113 cm³/mol. The van der Waals surface area contributed by atoms with E-state index in [4.69, 9.17) is 5.26 Å². The summed E-state index contributed by atoms with van der Waals surface area (Å²) in [6, 6.07) is 13.0. The molecule has 12 heteroatoms. The number of benzene rings is 2. The Bertz CT molecular complexity index is 1270. The molecule has 0 radical (unpaired) electrons. The number of nitriles is 1. The molecule has 1 heterocycles. The van der Waals surface area contributed by atoms with E-state index in [1.165, 1.54) is 34.9 Å². The number of nitrogens with zero attached hydrogens (tertiary/aromatic N) is 2. The Morgan fingerprint density at radius 1 is 1.11 bits per heavy atom. The van der Waals surface area contributed by atoms with Crippen molar-refractivity contribution in [2.24, 2.45) is 0 Å². The van der Waals surface area contributed by atoms with Crippen LogP contribution in [0.1, 0.15) is 35.0 Å². The van der Waals surface area contributed by atoms with Crippen LogP contribution in [-0.2, 0) is 6.54 Å². The van der Waals surface area contributed by atoms with Crippen LogP contribution in [0.3, 0.4) is 0 Å². The standard InChI is InChI=1S/C23H19F6N3O3/c1-21(34,22(24,25)26)7-8-31-20(33)19-11-16-9-14(12-30)5-6-18(16)32(19)13-15-3-2-4-17(10-15)35-23(27,28)29/h2-6,9-11,34H,7-8,13H2,1H3,(H,31,33). The Kier molecular flexibility index (Phi) is 7.03. The molecular formula is C23H19F6N3O3. The van der Waals surface area contributed by atoms with Crippen LogP contribution in [0.4, 0.5) is 26.3 Å². The van der Waals surface area contributed by atoms with Crippen LogP contribution in [0.2, 0.25) is 0 Å². The maximum atomic E-state index is 12.9. The molecule has 35 heavy (non-hydrogen) atoms. The summed E-state index contributed by atoms with van der Waals surface area (Å²) < 4.78 is 81.7. The molecule has 0 aliphatic heterocycles. The van der Waals surface area contributed by atoms with Crippen LogP contribution in [-0.4, -0.2) is 40.3 Å². The summed E-state index contributed by atoms with van der Waals surface area (Å²) >= 11 is 0. The number of aromatic nitrogens is 1. The number of aliphatic hydroxyl groups is 1. The minimum atomic E-state index is -4.89. The number of hydrogen-bond acceptors (Lipinski definition) is 4. The molecule has 0 spiro atoms. The molecule has 0 aliphatic rings. The second-order valence-corrected chi connectivity index (χ2v) is 7.97. The molecule has 0 saturated heterocycles. The molecule has 3 rings (SSSR count). The van der Waals surface area contributed by atoms with Crippen molar-refractivity contribution in [2.75, 3.05) is 6.54 Å². The minimum absolute atomic E-state index is 0.00360. The fourth-order valence-corrected chi connectivity index (χ4v) is 3.37. The lowest BCUT2D eigenvalue weighted by Crippen LogP contribution is -2.44. The number of amides is 1. The van der Waals surface area contributed by atoms with Gasteiger partial charge in [-0.1, -0.05) is 12.1 Å². The van der Waals surface area contributed by atoms with E-state index in [0.717, 1.165) is 12.1 Å². The Hall–Kier alpha value is -3.72. The highest BCUT2D eigenvalue weighted by Crippen LogP contribution is 2.32. The van der Waals surface area contributed by atoms with Crippen LogP contribution in [0.5, 0.6) is 5.75 Å². The van der Waals surface area contributed by atoms with E-state index >= 15 is 0 Å². The quantitative estimate of drug-likeness (QED) is 0.453. The molecule has 3 aromatic rings. The zero-order valence-corrected chi connectivity index (χ0v) is 18.2. The zero-order valence-electron chi connectivity index (χ0n) is 18.2. The number of carbonyl (C=O) groups is 1. The Labute approximate surface area is 195 Å². The first kappa shape index (κ1) is 25.9. The van der Waals surface area contributed by atoms with Crippen molar-refractivity contribution in [3.8, 4) is 11.8 Å². The van der Waals surface area contributed by atoms with Gasteiger partial charge in [-0.3, -0.25) is 4.79 Å². The maximum Gasteiger partial charge on any atom is 0.573 e. The molecule has 6 nitrogen and oxygen atoms in total. The van der Waals surface area contributed by atoms with Crippen molar-refractivity contribution in [1.29, 1.82) is 5.26 Å². The third-order valence-corrected chi connectivity index (χ3v) is 5.24. The molecule has 1 amide bonds. The van der Waals surface area contributed by atoms with Gasteiger partial charge in [0.25, 0.3) is 5.91 Å². The van der Waals surface area contributed by atoms with Gasteiger partial charge < -0.3 is 19.7 Å². The Balaban J connectivity index is 1.92. The van der Waals surface area contributed by atoms with E-state index in [-0.39, 0.29) is 12.2 Å². The number of rotatable bonds is 7. The third-order valence-electron chi connectivity index (χ3n) is 5.24. The molecule has 2 N–H and O–H groups in total. The Morgan fingerprint density at radius 2 is 1.83 bits per heavy atom. The van der Waals surface area contributed by atoms with Gasteiger partial charge in [0.05, 0.1) is 11.6 Å². The lowest BCUT2D eigenvalue weighted by molar-refractivity contribution is -0.274. The van der Waals surface area contributed by atoms with Crippen LogP contribution >= 0.6 is 0 Å². The first-order chi connectivity index (χ1) is 16.2. The summed E-state index contributed by atoms with van der Waals surface area (Å²) in [7, 11) is 0.